The fourth-order valence-corrected chi connectivity index (χ4v) is 2.42. The highest BCUT2D eigenvalue weighted by atomic mass is 16.5. The molecule has 0 saturated carbocycles. The molecule has 1 saturated heterocycles. The first-order chi connectivity index (χ1) is 11.0. The predicted octanol–water partition coefficient (Wildman–Crippen LogP) is 0.871. The molecule has 2 rings (SSSR count). The molecule has 1 fully saturated rings. The van der Waals surface area contributed by atoms with Crippen molar-refractivity contribution >= 4 is 17.6 Å². The average molecular weight is 321 g/mol. The fraction of sp³-hybridized carbons (Fsp3) is 0.500. The van der Waals surface area contributed by atoms with Crippen molar-refractivity contribution in [3.8, 4) is 5.75 Å². The van der Waals surface area contributed by atoms with Gasteiger partial charge in [-0.2, -0.15) is 0 Å². The Hall–Kier alpha value is -2.28. The van der Waals surface area contributed by atoms with Gasteiger partial charge in [-0.15, -0.1) is 0 Å². The average Bonchev–Trinajstić information content (AvgIpc) is 2.87. The Balaban J connectivity index is 1.90. The standard InChI is InChI=1S/C16H23N3O4/c1-3-23-14-6-4-13(5-7-14)19-10-12(8-15(19)21)18-16(22)17-9-11(2)20/h4-7,11-12,20H,3,8-10H2,1-2H3,(H2,17,18,22). The van der Waals surface area contributed by atoms with Crippen molar-refractivity contribution in [3.05, 3.63) is 24.3 Å². The smallest absolute Gasteiger partial charge is 0.315 e. The molecule has 1 aliphatic heterocycles. The quantitative estimate of drug-likeness (QED) is 0.725. The van der Waals surface area contributed by atoms with Crippen LogP contribution in [0.4, 0.5) is 10.5 Å². The molecule has 2 atom stereocenters. The van der Waals surface area contributed by atoms with E-state index in [1.54, 1.807) is 11.8 Å². The molecular weight excluding hydrogens is 298 g/mol. The summed E-state index contributed by atoms with van der Waals surface area (Å²) < 4.78 is 5.38. The lowest BCUT2D eigenvalue weighted by Crippen LogP contribution is -2.45. The zero-order valence-corrected chi connectivity index (χ0v) is 13.4. The highest BCUT2D eigenvalue weighted by molar-refractivity contribution is 5.96. The Bertz CT molecular complexity index is 545. The van der Waals surface area contributed by atoms with E-state index in [0.29, 0.717) is 13.2 Å². The number of urea groups is 1. The molecule has 7 nitrogen and oxygen atoms in total. The minimum absolute atomic E-state index is 0.0324. The number of aliphatic hydroxyl groups excluding tert-OH is 1. The van der Waals surface area contributed by atoms with Gasteiger partial charge in [0.25, 0.3) is 0 Å². The predicted molar refractivity (Wildman–Crippen MR) is 86.6 cm³/mol. The Morgan fingerprint density at radius 3 is 2.74 bits per heavy atom. The van der Waals surface area contributed by atoms with Crippen LogP contribution in [0.3, 0.4) is 0 Å². The number of nitrogens with one attached hydrogen (secondary N) is 2. The topological polar surface area (TPSA) is 90.9 Å². The number of amides is 3. The molecule has 0 spiro atoms. The van der Waals surface area contributed by atoms with Crippen molar-refractivity contribution in [2.75, 3.05) is 24.6 Å². The molecule has 1 aromatic carbocycles. The van der Waals surface area contributed by atoms with Crippen LogP contribution in [-0.2, 0) is 4.79 Å². The Kier molecular flexibility index (Phi) is 5.81. The Labute approximate surface area is 135 Å². The second-order valence-corrected chi connectivity index (χ2v) is 5.54. The molecule has 2 unspecified atom stereocenters. The maximum Gasteiger partial charge on any atom is 0.315 e. The van der Waals surface area contributed by atoms with E-state index in [4.69, 9.17) is 9.84 Å². The third kappa shape index (κ3) is 4.85. The number of hydrogen-bond acceptors (Lipinski definition) is 4. The number of hydrogen-bond donors (Lipinski definition) is 3. The number of ether oxygens (including phenoxy) is 1. The van der Waals surface area contributed by atoms with Gasteiger partial charge in [0.15, 0.2) is 0 Å². The van der Waals surface area contributed by atoms with Crippen molar-refractivity contribution in [1.82, 2.24) is 10.6 Å². The summed E-state index contributed by atoms with van der Waals surface area (Å²) in [5.74, 6) is 0.727. The number of rotatable bonds is 6. The largest absolute Gasteiger partial charge is 0.494 e. The van der Waals surface area contributed by atoms with Gasteiger partial charge in [-0.1, -0.05) is 0 Å². The van der Waals surface area contributed by atoms with E-state index < -0.39 is 6.10 Å². The first-order valence-corrected chi connectivity index (χ1v) is 7.75. The molecule has 0 bridgehead atoms. The van der Waals surface area contributed by atoms with E-state index in [9.17, 15) is 9.59 Å². The number of aliphatic hydroxyl groups is 1. The zero-order chi connectivity index (χ0) is 16.8. The maximum absolute atomic E-state index is 12.1. The van der Waals surface area contributed by atoms with Crippen LogP contribution in [0.2, 0.25) is 0 Å². The first-order valence-electron chi connectivity index (χ1n) is 7.75. The summed E-state index contributed by atoms with van der Waals surface area (Å²) in [5, 5.41) is 14.4. The Morgan fingerprint density at radius 2 is 2.13 bits per heavy atom. The monoisotopic (exact) mass is 321 g/mol. The molecule has 1 heterocycles. The third-order valence-electron chi connectivity index (χ3n) is 3.48. The van der Waals surface area contributed by atoms with Gasteiger partial charge in [0.05, 0.1) is 18.8 Å². The van der Waals surface area contributed by atoms with Crippen molar-refractivity contribution in [3.63, 3.8) is 0 Å². The summed E-state index contributed by atoms with van der Waals surface area (Å²) in [4.78, 5) is 25.5. The van der Waals surface area contributed by atoms with Crippen LogP contribution in [0.25, 0.3) is 0 Å². The summed E-state index contributed by atoms with van der Waals surface area (Å²) in [5.41, 5.74) is 0.784. The van der Waals surface area contributed by atoms with Crippen LogP contribution in [-0.4, -0.2) is 48.9 Å². The normalized spacial score (nSPS) is 18.7. The van der Waals surface area contributed by atoms with E-state index in [0.717, 1.165) is 11.4 Å². The van der Waals surface area contributed by atoms with Crippen LogP contribution >= 0.6 is 0 Å². The lowest BCUT2D eigenvalue weighted by molar-refractivity contribution is -0.117. The van der Waals surface area contributed by atoms with Gasteiger partial charge in [0.1, 0.15) is 5.75 Å². The fourth-order valence-electron chi connectivity index (χ4n) is 2.42. The Morgan fingerprint density at radius 1 is 1.43 bits per heavy atom. The summed E-state index contributed by atoms with van der Waals surface area (Å²) in [6.45, 7) is 4.70. The molecule has 7 heteroatoms. The van der Waals surface area contributed by atoms with E-state index in [1.807, 2.05) is 31.2 Å². The summed E-state index contributed by atoms with van der Waals surface area (Å²) in [6, 6.07) is 6.68. The lowest BCUT2D eigenvalue weighted by Gasteiger charge is -2.18. The van der Waals surface area contributed by atoms with Crippen molar-refractivity contribution < 1.29 is 19.4 Å². The molecule has 3 amide bonds. The minimum Gasteiger partial charge on any atom is -0.494 e. The van der Waals surface area contributed by atoms with Crippen LogP contribution < -0.4 is 20.3 Å². The van der Waals surface area contributed by atoms with Gasteiger partial charge in [-0.3, -0.25) is 4.79 Å². The van der Waals surface area contributed by atoms with Crippen molar-refractivity contribution in [1.29, 1.82) is 0 Å². The third-order valence-corrected chi connectivity index (χ3v) is 3.48. The van der Waals surface area contributed by atoms with Gasteiger partial charge in [-0.05, 0) is 38.1 Å². The van der Waals surface area contributed by atoms with Crippen LogP contribution in [0.15, 0.2) is 24.3 Å². The number of nitrogens with zero attached hydrogens (tertiary/aromatic N) is 1. The number of anilines is 1. The van der Waals surface area contributed by atoms with Gasteiger partial charge >= 0.3 is 6.03 Å². The summed E-state index contributed by atoms with van der Waals surface area (Å²) >= 11 is 0. The number of carbonyl (C=O) groups excluding carboxylic acids is 2. The highest BCUT2D eigenvalue weighted by Crippen LogP contribution is 2.24. The van der Waals surface area contributed by atoms with E-state index in [1.165, 1.54) is 0 Å². The van der Waals surface area contributed by atoms with E-state index >= 15 is 0 Å². The second-order valence-electron chi connectivity index (χ2n) is 5.54. The van der Waals surface area contributed by atoms with Gasteiger partial charge in [0.2, 0.25) is 5.91 Å². The molecule has 1 aromatic rings. The molecule has 23 heavy (non-hydrogen) atoms. The maximum atomic E-state index is 12.1. The zero-order valence-electron chi connectivity index (χ0n) is 13.4. The minimum atomic E-state index is -0.605. The summed E-state index contributed by atoms with van der Waals surface area (Å²) in [6.07, 6.45) is -0.346. The molecule has 1 aliphatic rings. The van der Waals surface area contributed by atoms with Gasteiger partial charge < -0.3 is 25.4 Å². The molecular formula is C16H23N3O4. The molecule has 0 aromatic heterocycles. The van der Waals surface area contributed by atoms with Crippen molar-refractivity contribution in [2.24, 2.45) is 0 Å². The second kappa shape index (κ2) is 7.82. The summed E-state index contributed by atoms with van der Waals surface area (Å²) in [7, 11) is 0. The lowest BCUT2D eigenvalue weighted by atomic mass is 10.2. The van der Waals surface area contributed by atoms with E-state index in [-0.39, 0.29) is 30.9 Å². The van der Waals surface area contributed by atoms with E-state index in [2.05, 4.69) is 10.6 Å². The first kappa shape index (κ1) is 17.1. The highest BCUT2D eigenvalue weighted by Gasteiger charge is 2.31. The van der Waals surface area contributed by atoms with Crippen molar-refractivity contribution in [2.45, 2.75) is 32.4 Å². The molecule has 126 valence electrons. The van der Waals surface area contributed by atoms with Gasteiger partial charge in [-0.25, -0.2) is 4.79 Å². The SMILES string of the molecule is CCOc1ccc(N2CC(NC(=O)NCC(C)O)CC2=O)cc1. The molecule has 3 N–H and O–H groups in total. The van der Waals surface area contributed by atoms with Crippen LogP contribution in [0.1, 0.15) is 20.3 Å². The number of benzene rings is 1. The number of carbonyl (C=O) groups is 2. The molecule has 0 aliphatic carbocycles. The van der Waals surface area contributed by atoms with Crippen LogP contribution in [0, 0.1) is 0 Å². The van der Waals surface area contributed by atoms with Gasteiger partial charge in [0, 0.05) is 25.2 Å². The molecule has 0 radical (unpaired) electrons. The van der Waals surface area contributed by atoms with Crippen LogP contribution in [0.5, 0.6) is 5.75 Å².